The molecule has 0 radical (unpaired) electrons. The van der Waals surface area contributed by atoms with E-state index >= 15 is 27.2 Å². The van der Waals surface area contributed by atoms with Crippen LogP contribution in [0.5, 0.6) is 0 Å². The molecule has 11 nitrogen and oxygen atoms in total. The minimum Gasteiger partial charge on any atom is -0.386 e. The molecule has 3 aromatic heterocycles. The Morgan fingerprint density at radius 1 is 0.625 bits per heavy atom. The smallest absolute Gasteiger partial charge is 0.249 e. The van der Waals surface area contributed by atoms with Crippen molar-refractivity contribution in [1.82, 2.24) is 34.7 Å². The van der Waals surface area contributed by atoms with Crippen molar-refractivity contribution in [3.8, 4) is 0 Å². The summed E-state index contributed by atoms with van der Waals surface area (Å²) in [5.74, 6) is -6.82. The van der Waals surface area contributed by atoms with Crippen molar-refractivity contribution in [1.29, 1.82) is 0 Å². The predicted octanol–water partition coefficient (Wildman–Crippen LogP) is 11.5. The third kappa shape index (κ3) is 9.00. The molecule has 2 amide bonds. The summed E-state index contributed by atoms with van der Waals surface area (Å²) in [5, 5.41) is 19.4. The van der Waals surface area contributed by atoms with E-state index in [9.17, 15) is 5.11 Å². The predicted molar refractivity (Wildman–Crippen MR) is 267 cm³/mol. The Bertz CT molecular complexity index is 2850. The molecule has 3 heterocycles. The Hall–Kier alpha value is -5.67. The van der Waals surface area contributed by atoms with Crippen molar-refractivity contribution in [2.45, 2.75) is 170 Å². The van der Waals surface area contributed by atoms with E-state index in [-0.39, 0.29) is 52.2 Å². The van der Waals surface area contributed by atoms with Crippen molar-refractivity contribution < 1.29 is 37.0 Å². The number of carbonyl (C=O) groups excluding carboxylic acids is 2. The Morgan fingerprint density at radius 2 is 1.08 bits per heavy atom. The number of nitrogens with zero attached hydrogens (tertiary/aromatic N) is 5. The monoisotopic (exact) mass is 990 g/mol. The first kappa shape index (κ1) is 49.9. The Labute approximate surface area is 418 Å². The number of aromatic nitrogens is 5. The van der Waals surface area contributed by atoms with Crippen molar-refractivity contribution >= 4 is 33.9 Å². The first-order valence-corrected chi connectivity index (χ1v) is 26.6. The highest BCUT2D eigenvalue weighted by atomic mass is 19.2. The number of aliphatic hydroxyl groups is 1. The molecule has 3 aromatic carbocycles. The van der Waals surface area contributed by atoms with Crippen LogP contribution < -0.4 is 10.6 Å². The lowest BCUT2D eigenvalue weighted by atomic mass is 9.55. The number of hydrogen-bond acceptors (Lipinski definition) is 7. The van der Waals surface area contributed by atoms with Crippen LogP contribution in [0.2, 0.25) is 0 Å². The molecule has 382 valence electrons. The molecule has 0 saturated heterocycles. The summed E-state index contributed by atoms with van der Waals surface area (Å²) in [4.78, 5) is 49.8. The highest BCUT2D eigenvalue weighted by molar-refractivity contribution is 6.00. The minimum absolute atomic E-state index is 0.0240. The van der Waals surface area contributed by atoms with Crippen LogP contribution in [0.25, 0.3) is 22.1 Å². The maximum absolute atomic E-state index is 17.5. The third-order valence-corrected chi connectivity index (χ3v) is 16.7. The molecule has 15 heteroatoms. The number of pyridine rings is 1. The molecule has 4 unspecified atom stereocenters. The van der Waals surface area contributed by atoms with Gasteiger partial charge in [-0.1, -0.05) is 113 Å². The van der Waals surface area contributed by atoms with Crippen molar-refractivity contribution in [2.75, 3.05) is 7.11 Å². The highest BCUT2D eigenvalue weighted by Crippen LogP contribution is 2.59. The Kier molecular flexibility index (Phi) is 14.8. The Morgan fingerprint density at radius 3 is 1.58 bits per heavy atom. The summed E-state index contributed by atoms with van der Waals surface area (Å²) in [6.45, 7) is 0. The third-order valence-electron chi connectivity index (χ3n) is 16.7. The van der Waals surface area contributed by atoms with Gasteiger partial charge in [0.05, 0.1) is 27.8 Å². The zero-order chi connectivity index (χ0) is 50.0. The van der Waals surface area contributed by atoms with E-state index in [0.29, 0.717) is 88.3 Å². The SMILES string of the molecule is COC(c1ccccc1)c1nc2cc(F)c(F)cc2n1C(C(=O)NC1CCCCC1)(C1CCCCC1)C(C(=O)NC1CCCCC1)(C1CCCCC1)n1c(CC(O)c2ccccn2)nc2cc(F)c(F)cc21. The lowest BCUT2D eigenvalue weighted by Crippen LogP contribution is -2.76. The molecule has 3 N–H and O–H groups in total. The van der Waals surface area contributed by atoms with E-state index in [2.05, 4.69) is 15.6 Å². The summed E-state index contributed by atoms with van der Waals surface area (Å²) in [7, 11) is 1.52. The largest absolute Gasteiger partial charge is 0.386 e. The van der Waals surface area contributed by atoms with Crippen LogP contribution in [0.4, 0.5) is 17.6 Å². The van der Waals surface area contributed by atoms with Gasteiger partial charge < -0.3 is 29.6 Å². The molecule has 0 spiro atoms. The van der Waals surface area contributed by atoms with Crippen molar-refractivity contribution in [2.24, 2.45) is 11.8 Å². The molecular formula is C57H67F4N7O4. The lowest BCUT2D eigenvalue weighted by molar-refractivity contribution is -0.164. The number of rotatable bonds is 15. The average Bonchev–Trinajstić information content (AvgIpc) is 3.93. The molecule has 4 aliphatic rings. The van der Waals surface area contributed by atoms with Gasteiger partial charge in [0.15, 0.2) is 34.3 Å². The van der Waals surface area contributed by atoms with Crippen LogP contribution in [-0.2, 0) is 31.8 Å². The molecule has 4 atom stereocenters. The second kappa shape index (κ2) is 21.4. The van der Waals surface area contributed by atoms with Gasteiger partial charge in [-0.15, -0.1) is 0 Å². The fourth-order valence-electron chi connectivity index (χ4n) is 13.5. The summed E-state index contributed by atoms with van der Waals surface area (Å²) in [6.07, 6.45) is 13.3. The average molecular weight is 990 g/mol. The number of ether oxygens (including phenoxy) is 1. The Balaban J connectivity index is 1.43. The van der Waals surface area contributed by atoms with Gasteiger partial charge >= 0.3 is 0 Å². The molecule has 4 aliphatic carbocycles. The summed E-state index contributed by atoms with van der Waals surface area (Å²) >= 11 is 0. The summed E-state index contributed by atoms with van der Waals surface area (Å²) < 4.78 is 74.7. The second-order valence-electron chi connectivity index (χ2n) is 21.0. The normalized spacial score (nSPS) is 20.5. The molecule has 6 aromatic rings. The number of halogens is 4. The van der Waals surface area contributed by atoms with E-state index in [1.807, 2.05) is 30.3 Å². The molecule has 72 heavy (non-hydrogen) atoms. The zero-order valence-corrected chi connectivity index (χ0v) is 41.2. The van der Waals surface area contributed by atoms with Crippen LogP contribution in [0.3, 0.4) is 0 Å². The molecular weight excluding hydrogens is 923 g/mol. The highest BCUT2D eigenvalue weighted by Gasteiger charge is 2.71. The van der Waals surface area contributed by atoms with Gasteiger partial charge in [-0.05, 0) is 80.9 Å². The number of hydrogen-bond donors (Lipinski definition) is 3. The maximum atomic E-state index is 17.5. The number of methoxy groups -OCH3 is 1. The van der Waals surface area contributed by atoms with Crippen LogP contribution in [-0.4, -0.2) is 60.2 Å². The number of fused-ring (bicyclic) bond motifs is 2. The van der Waals surface area contributed by atoms with Crippen LogP contribution in [0.15, 0.2) is 79.0 Å². The number of benzene rings is 3. The summed E-state index contributed by atoms with van der Waals surface area (Å²) in [6, 6.07) is 18.0. The topological polar surface area (TPSA) is 136 Å². The van der Waals surface area contributed by atoms with Gasteiger partial charge in [0, 0.05) is 56.1 Å². The second-order valence-corrected chi connectivity index (χ2v) is 21.0. The van der Waals surface area contributed by atoms with E-state index in [4.69, 9.17) is 14.7 Å². The van der Waals surface area contributed by atoms with Crippen LogP contribution >= 0.6 is 0 Å². The molecule has 0 aliphatic heterocycles. The number of aliphatic hydroxyl groups excluding tert-OH is 1. The number of carbonyl (C=O) groups is 2. The zero-order valence-electron chi connectivity index (χ0n) is 41.2. The van der Waals surface area contributed by atoms with E-state index in [1.165, 1.54) is 7.11 Å². The molecule has 10 rings (SSSR count). The molecule has 4 fully saturated rings. The van der Waals surface area contributed by atoms with Crippen molar-refractivity contribution in [3.63, 3.8) is 0 Å². The number of nitrogens with one attached hydrogen (secondary N) is 2. The minimum atomic E-state index is -2.16. The number of imidazole rings is 2. The van der Waals surface area contributed by atoms with Gasteiger partial charge in [-0.3, -0.25) is 14.6 Å². The maximum Gasteiger partial charge on any atom is 0.249 e. The fourth-order valence-corrected chi connectivity index (χ4v) is 13.5. The van der Waals surface area contributed by atoms with Gasteiger partial charge in [-0.2, -0.15) is 0 Å². The van der Waals surface area contributed by atoms with Gasteiger partial charge in [0.2, 0.25) is 11.8 Å². The van der Waals surface area contributed by atoms with E-state index < -0.39 is 70.2 Å². The standard InChI is InChI=1S/C57H67F4N7O4/c1-72-52(36-19-7-2-8-20-36)53-66-47-32-42(59)44(61)34-49(47)68(53)57(38-23-11-4-12-24-38,55(71)64-40-27-15-6-16-28-40)56(37-21-9-3-10-22-37,54(70)63-39-25-13-5-14-26-39)67-48-33-43(60)41(58)31-46(48)65-51(67)35-50(69)45-29-17-18-30-62-45/h2,7-8,17-20,29-34,37-40,50,52,69H,3-6,9-16,21-28,35H2,1H3,(H,63,70)(H,64,71). The van der Waals surface area contributed by atoms with E-state index in [1.54, 1.807) is 33.5 Å². The van der Waals surface area contributed by atoms with E-state index in [0.717, 1.165) is 75.6 Å². The molecule has 0 bridgehead atoms. The first-order chi connectivity index (χ1) is 35.1. The van der Waals surface area contributed by atoms with Gasteiger partial charge in [-0.25, -0.2) is 27.5 Å². The van der Waals surface area contributed by atoms with Gasteiger partial charge in [0.25, 0.3) is 0 Å². The summed E-state index contributed by atoms with van der Waals surface area (Å²) in [5.41, 5.74) is -3.16. The fraction of sp³-hybridized carbons (Fsp3) is 0.526. The van der Waals surface area contributed by atoms with Gasteiger partial charge in [0.1, 0.15) is 23.9 Å². The first-order valence-electron chi connectivity index (χ1n) is 26.6. The lowest BCUT2D eigenvalue weighted by Gasteiger charge is -2.59. The quantitative estimate of drug-likeness (QED) is 0.0872. The molecule has 4 saturated carbocycles. The van der Waals surface area contributed by atoms with Crippen LogP contribution in [0.1, 0.15) is 164 Å². The van der Waals surface area contributed by atoms with Crippen molar-refractivity contribution in [3.05, 3.63) is 125 Å². The van der Waals surface area contributed by atoms with Crippen LogP contribution in [0, 0.1) is 35.1 Å². The number of amides is 2.